The van der Waals surface area contributed by atoms with Crippen molar-refractivity contribution >= 4 is 23.4 Å². The highest BCUT2D eigenvalue weighted by molar-refractivity contribution is 6.68. The zero-order valence-corrected chi connectivity index (χ0v) is 14.5. The molecule has 24 heavy (non-hydrogen) atoms. The summed E-state index contributed by atoms with van der Waals surface area (Å²) in [7, 11) is 1.79. The monoisotopic (exact) mass is 324 g/mol. The van der Waals surface area contributed by atoms with Crippen molar-refractivity contribution in [3.05, 3.63) is 35.9 Å². The smallest absolute Gasteiger partial charge is 0.288 e. The first kappa shape index (κ1) is 15.1. The van der Waals surface area contributed by atoms with Gasteiger partial charge < -0.3 is 0 Å². The Balaban J connectivity index is 1.78. The van der Waals surface area contributed by atoms with Crippen LogP contribution in [0, 0.1) is 0 Å². The molecule has 0 saturated carbocycles. The maximum atomic E-state index is 13.0. The van der Waals surface area contributed by atoms with Gasteiger partial charge in [-0.2, -0.15) is 9.57 Å². The van der Waals surface area contributed by atoms with Crippen LogP contribution < -0.4 is 0 Å². The lowest BCUT2D eigenvalue weighted by molar-refractivity contribution is -0.570. The number of guanidine groups is 1. The average molecular weight is 324 g/mol. The SMILES string of the molecule is CC1N=C2C(=[N+]1Cc1ccccc1)C(=O)N(C)C1=NC(C)(C)CN21. The number of hydrogen-bond acceptors (Lipinski definition) is 4. The number of amides is 1. The van der Waals surface area contributed by atoms with Crippen molar-refractivity contribution in [2.45, 2.75) is 39.0 Å². The van der Waals surface area contributed by atoms with E-state index in [0.29, 0.717) is 18.2 Å². The Labute approximate surface area is 141 Å². The lowest BCUT2D eigenvalue weighted by Crippen LogP contribution is -2.59. The standard InChI is InChI=1S/C18H22N5O/c1-12-19-15-14(22(12)10-13-8-6-5-7-9-13)16(24)21(4)17-20-18(2,3)11-23(15)17/h5-9,12H,10-11H2,1-4H3/q+1. The second-order valence-corrected chi connectivity index (χ2v) is 7.22. The molecule has 4 rings (SSSR count). The summed E-state index contributed by atoms with van der Waals surface area (Å²) in [5.41, 5.74) is 1.65. The highest BCUT2D eigenvalue weighted by atomic mass is 16.2. The highest BCUT2D eigenvalue weighted by Crippen LogP contribution is 2.28. The third-order valence-corrected chi connectivity index (χ3v) is 4.71. The Hall–Kier alpha value is -2.50. The largest absolute Gasteiger partial charge is 0.328 e. The van der Waals surface area contributed by atoms with E-state index >= 15 is 0 Å². The van der Waals surface area contributed by atoms with Gasteiger partial charge >= 0.3 is 11.6 Å². The Bertz CT molecular complexity index is 806. The molecule has 3 aliphatic rings. The van der Waals surface area contributed by atoms with Gasteiger partial charge in [0.15, 0.2) is 6.54 Å². The van der Waals surface area contributed by atoms with Crippen molar-refractivity contribution in [3.63, 3.8) is 0 Å². The maximum absolute atomic E-state index is 13.0. The molecule has 1 saturated heterocycles. The van der Waals surface area contributed by atoms with Crippen molar-refractivity contribution in [2.75, 3.05) is 13.6 Å². The van der Waals surface area contributed by atoms with Crippen LogP contribution >= 0.6 is 0 Å². The van der Waals surface area contributed by atoms with Crippen LogP contribution in [0.3, 0.4) is 0 Å². The molecule has 0 radical (unpaired) electrons. The maximum Gasteiger partial charge on any atom is 0.328 e. The molecule has 0 bridgehead atoms. The molecule has 0 aliphatic carbocycles. The van der Waals surface area contributed by atoms with Gasteiger partial charge in [0.2, 0.25) is 18.0 Å². The third kappa shape index (κ3) is 2.17. The molecule has 0 N–H and O–H groups in total. The number of nitrogens with zero attached hydrogens (tertiary/aromatic N) is 5. The van der Waals surface area contributed by atoms with E-state index in [9.17, 15) is 4.79 Å². The molecule has 0 spiro atoms. The summed E-state index contributed by atoms with van der Waals surface area (Å²) in [4.78, 5) is 26.2. The molecule has 3 aliphatic heterocycles. The summed E-state index contributed by atoms with van der Waals surface area (Å²) in [5, 5.41) is 0. The summed E-state index contributed by atoms with van der Waals surface area (Å²) < 4.78 is 2.09. The molecule has 1 fully saturated rings. The van der Waals surface area contributed by atoms with Gasteiger partial charge in [-0.3, -0.25) is 14.6 Å². The van der Waals surface area contributed by atoms with Crippen molar-refractivity contribution in [1.29, 1.82) is 0 Å². The molecule has 1 aromatic rings. The normalized spacial score (nSPS) is 24.8. The molecule has 3 heterocycles. The molecule has 0 aromatic heterocycles. The molecular weight excluding hydrogens is 302 g/mol. The van der Waals surface area contributed by atoms with Crippen LogP contribution in [0.25, 0.3) is 0 Å². The number of carbonyl (C=O) groups is 1. The van der Waals surface area contributed by atoms with Crippen molar-refractivity contribution in [2.24, 2.45) is 9.98 Å². The number of rotatable bonds is 2. The van der Waals surface area contributed by atoms with E-state index in [4.69, 9.17) is 9.98 Å². The Kier molecular flexibility index (Phi) is 3.13. The molecule has 6 nitrogen and oxygen atoms in total. The minimum Gasteiger partial charge on any atom is -0.288 e. The Morgan fingerprint density at radius 1 is 1.29 bits per heavy atom. The van der Waals surface area contributed by atoms with Crippen LogP contribution in [0.1, 0.15) is 26.3 Å². The van der Waals surface area contributed by atoms with Crippen molar-refractivity contribution in [1.82, 2.24) is 9.80 Å². The molecule has 124 valence electrons. The zero-order valence-electron chi connectivity index (χ0n) is 14.5. The molecule has 1 atom stereocenters. The van der Waals surface area contributed by atoms with Crippen LogP contribution in [0.5, 0.6) is 0 Å². The van der Waals surface area contributed by atoms with Gasteiger partial charge in [0.25, 0.3) is 0 Å². The second kappa shape index (κ2) is 5.00. The van der Waals surface area contributed by atoms with Crippen LogP contribution in [0.4, 0.5) is 0 Å². The Morgan fingerprint density at radius 3 is 2.71 bits per heavy atom. The van der Waals surface area contributed by atoms with Gasteiger partial charge in [-0.25, -0.2) is 4.99 Å². The predicted molar refractivity (Wildman–Crippen MR) is 93.3 cm³/mol. The third-order valence-electron chi connectivity index (χ3n) is 4.71. The quantitative estimate of drug-likeness (QED) is 0.771. The minimum atomic E-state index is -0.210. The van der Waals surface area contributed by atoms with Crippen molar-refractivity contribution < 1.29 is 9.37 Å². The minimum absolute atomic E-state index is 0.0262. The van der Waals surface area contributed by atoms with E-state index in [-0.39, 0.29) is 17.6 Å². The van der Waals surface area contributed by atoms with E-state index < -0.39 is 0 Å². The van der Waals surface area contributed by atoms with Gasteiger partial charge in [-0.1, -0.05) is 30.3 Å². The van der Waals surface area contributed by atoms with Crippen LogP contribution in [-0.4, -0.2) is 63.1 Å². The van der Waals surface area contributed by atoms with Crippen molar-refractivity contribution in [3.8, 4) is 0 Å². The number of benzene rings is 1. The van der Waals surface area contributed by atoms with E-state index in [0.717, 1.165) is 12.4 Å². The van der Waals surface area contributed by atoms with E-state index in [1.165, 1.54) is 5.56 Å². The number of amidine groups is 1. The fraction of sp³-hybridized carbons (Fsp3) is 0.444. The number of carbonyl (C=O) groups excluding carboxylic acids is 1. The van der Waals surface area contributed by atoms with Gasteiger partial charge in [0.1, 0.15) is 0 Å². The summed E-state index contributed by atoms with van der Waals surface area (Å²) in [5.74, 6) is 1.45. The number of hydrogen-bond donors (Lipinski definition) is 0. The summed E-state index contributed by atoms with van der Waals surface area (Å²) in [6.45, 7) is 7.61. The van der Waals surface area contributed by atoms with Gasteiger partial charge in [0.05, 0.1) is 12.1 Å². The van der Waals surface area contributed by atoms with Gasteiger partial charge in [-0.05, 0) is 13.8 Å². The van der Waals surface area contributed by atoms with Gasteiger partial charge in [-0.15, -0.1) is 0 Å². The molecule has 1 unspecified atom stereocenters. The van der Waals surface area contributed by atoms with E-state index in [1.807, 2.05) is 25.1 Å². The zero-order chi connectivity index (χ0) is 17.1. The van der Waals surface area contributed by atoms with E-state index in [1.54, 1.807) is 11.9 Å². The highest BCUT2D eigenvalue weighted by Gasteiger charge is 2.52. The lowest BCUT2D eigenvalue weighted by Gasteiger charge is -2.30. The number of aliphatic imine (C=N–C) groups is 2. The fourth-order valence-corrected chi connectivity index (χ4v) is 3.53. The molecule has 6 heteroatoms. The molecule has 1 amide bonds. The summed E-state index contributed by atoms with van der Waals surface area (Å²) >= 11 is 0. The first-order chi connectivity index (χ1) is 11.4. The topological polar surface area (TPSA) is 51.3 Å². The lowest BCUT2D eigenvalue weighted by atomic mass is 10.1. The van der Waals surface area contributed by atoms with Crippen LogP contribution in [-0.2, 0) is 11.3 Å². The van der Waals surface area contributed by atoms with Crippen LogP contribution in [0.2, 0.25) is 0 Å². The van der Waals surface area contributed by atoms with E-state index in [2.05, 4.69) is 35.5 Å². The molecular formula is C18H22N5O+. The Morgan fingerprint density at radius 2 is 2.00 bits per heavy atom. The average Bonchev–Trinajstić information content (AvgIpc) is 3.04. The fourth-order valence-electron chi connectivity index (χ4n) is 3.53. The second-order valence-electron chi connectivity index (χ2n) is 7.22. The first-order valence-electron chi connectivity index (χ1n) is 8.28. The summed E-state index contributed by atoms with van der Waals surface area (Å²) in [6.07, 6.45) is -0.0596. The van der Waals surface area contributed by atoms with Crippen LogP contribution in [0.15, 0.2) is 40.3 Å². The van der Waals surface area contributed by atoms with Gasteiger partial charge in [0, 0.05) is 19.5 Å². The molecule has 1 aromatic carbocycles. The predicted octanol–water partition coefficient (Wildman–Crippen LogP) is 1.32. The first-order valence-corrected chi connectivity index (χ1v) is 8.28. The summed E-state index contributed by atoms with van der Waals surface area (Å²) in [6, 6.07) is 10.2. The number of fused-ring (bicyclic) bond motifs is 3.